The molecule has 1 aliphatic heterocycles. The summed E-state index contributed by atoms with van der Waals surface area (Å²) in [5.74, 6) is -1.65. The Bertz CT molecular complexity index is 391. The second-order valence-corrected chi connectivity index (χ2v) is 5.57. The molecule has 0 aromatic carbocycles. The lowest BCUT2D eigenvalue weighted by atomic mass is 10.1. The van der Waals surface area contributed by atoms with Gasteiger partial charge in [-0.15, -0.1) is 0 Å². The summed E-state index contributed by atoms with van der Waals surface area (Å²) in [4.78, 5) is 22.4. The van der Waals surface area contributed by atoms with Crippen LogP contribution in [0.4, 0.5) is 0 Å². The van der Waals surface area contributed by atoms with Crippen molar-refractivity contribution in [3.63, 3.8) is 0 Å². The van der Waals surface area contributed by atoms with Crippen LogP contribution in [0.1, 0.15) is 34.6 Å². The van der Waals surface area contributed by atoms with E-state index in [9.17, 15) is 9.59 Å². The molecule has 2 fully saturated rings. The first-order chi connectivity index (χ1) is 8.71. The van der Waals surface area contributed by atoms with E-state index in [1.165, 1.54) is 13.8 Å². The van der Waals surface area contributed by atoms with Gasteiger partial charge in [-0.1, -0.05) is 6.92 Å². The van der Waals surface area contributed by atoms with Gasteiger partial charge in [0.1, 0.15) is 12.2 Å². The zero-order valence-electron chi connectivity index (χ0n) is 11.8. The minimum absolute atomic E-state index is 0.0972. The van der Waals surface area contributed by atoms with Gasteiger partial charge in [-0.25, -0.2) is 0 Å². The second-order valence-electron chi connectivity index (χ2n) is 5.57. The fourth-order valence-corrected chi connectivity index (χ4v) is 2.84. The number of carbonyl (C=O) groups excluding carboxylic acids is 2. The monoisotopic (exact) mass is 272 g/mol. The number of carbonyl (C=O) groups is 2. The third-order valence-electron chi connectivity index (χ3n) is 3.45. The van der Waals surface area contributed by atoms with Crippen LogP contribution in [0.25, 0.3) is 0 Å². The van der Waals surface area contributed by atoms with E-state index in [1.807, 2.05) is 20.8 Å². The Morgan fingerprint density at radius 1 is 0.947 bits per heavy atom. The van der Waals surface area contributed by atoms with Crippen LogP contribution in [0.5, 0.6) is 0 Å². The molecule has 0 bridgehead atoms. The van der Waals surface area contributed by atoms with Crippen molar-refractivity contribution in [3.05, 3.63) is 0 Å². The molecule has 1 saturated heterocycles. The van der Waals surface area contributed by atoms with Gasteiger partial charge in [0.2, 0.25) is 0 Å². The summed E-state index contributed by atoms with van der Waals surface area (Å²) in [5.41, 5.74) is 0. The molecule has 0 N–H and O–H groups in total. The zero-order valence-corrected chi connectivity index (χ0v) is 11.8. The van der Waals surface area contributed by atoms with E-state index in [4.69, 9.17) is 18.9 Å². The van der Waals surface area contributed by atoms with Gasteiger partial charge >= 0.3 is 11.9 Å². The fraction of sp³-hybridized carbons (Fsp3) is 0.846. The van der Waals surface area contributed by atoms with Crippen LogP contribution < -0.4 is 0 Å². The third kappa shape index (κ3) is 2.74. The normalized spacial score (nSPS) is 39.7. The SMILES string of the molecule is CC(=O)O[C@@H]1[C@H]2OC(C)(C)O[C@H]2[C@H](C)[C@H]1OC(C)=O. The average Bonchev–Trinajstić information content (AvgIpc) is 2.66. The summed E-state index contributed by atoms with van der Waals surface area (Å²) in [6, 6.07) is 0. The molecule has 19 heavy (non-hydrogen) atoms. The molecular weight excluding hydrogens is 252 g/mol. The highest BCUT2D eigenvalue weighted by molar-refractivity contribution is 5.67. The van der Waals surface area contributed by atoms with Crippen molar-refractivity contribution in [3.8, 4) is 0 Å². The summed E-state index contributed by atoms with van der Waals surface area (Å²) in [5, 5.41) is 0. The Hall–Kier alpha value is -1.14. The molecule has 0 radical (unpaired) electrons. The number of esters is 2. The van der Waals surface area contributed by atoms with Crippen LogP contribution in [-0.2, 0) is 28.5 Å². The number of hydrogen-bond acceptors (Lipinski definition) is 6. The number of hydrogen-bond donors (Lipinski definition) is 0. The summed E-state index contributed by atoms with van der Waals surface area (Å²) >= 11 is 0. The number of rotatable bonds is 2. The lowest BCUT2D eigenvalue weighted by Crippen LogP contribution is -2.40. The van der Waals surface area contributed by atoms with Crippen LogP contribution in [0.2, 0.25) is 0 Å². The molecule has 0 unspecified atom stereocenters. The van der Waals surface area contributed by atoms with Crippen molar-refractivity contribution in [2.45, 2.75) is 64.8 Å². The van der Waals surface area contributed by atoms with Gasteiger partial charge in [0.25, 0.3) is 0 Å². The van der Waals surface area contributed by atoms with Gasteiger partial charge in [0.15, 0.2) is 11.9 Å². The Kier molecular flexibility index (Phi) is 3.57. The standard InChI is InChI=1S/C13H20O6/c1-6-9(16-7(2)14)11(17-8(3)15)12-10(6)18-13(4,5)19-12/h6,9-12H,1-5H3/t6-,9-,10+,11+,12+/m1/s1. The minimum atomic E-state index is -0.719. The Labute approximate surface area is 112 Å². The third-order valence-corrected chi connectivity index (χ3v) is 3.45. The molecule has 0 amide bonds. The molecule has 2 aliphatic rings. The predicted octanol–water partition coefficient (Wildman–Crippen LogP) is 1.02. The van der Waals surface area contributed by atoms with Crippen LogP contribution in [0, 0.1) is 5.92 Å². The van der Waals surface area contributed by atoms with Crippen LogP contribution in [0.15, 0.2) is 0 Å². The van der Waals surface area contributed by atoms with Crippen molar-refractivity contribution >= 4 is 11.9 Å². The van der Waals surface area contributed by atoms with Crippen LogP contribution in [0.3, 0.4) is 0 Å². The molecule has 5 atom stereocenters. The highest BCUT2D eigenvalue weighted by Gasteiger charge is 2.60. The zero-order chi connectivity index (χ0) is 14.4. The smallest absolute Gasteiger partial charge is 0.303 e. The van der Waals surface area contributed by atoms with Crippen LogP contribution >= 0.6 is 0 Å². The predicted molar refractivity (Wildman–Crippen MR) is 64.1 cm³/mol. The molecule has 6 heteroatoms. The molecule has 1 aliphatic carbocycles. The van der Waals surface area contributed by atoms with E-state index in [0.29, 0.717) is 0 Å². The maximum absolute atomic E-state index is 11.2. The van der Waals surface area contributed by atoms with Crippen molar-refractivity contribution in [2.75, 3.05) is 0 Å². The topological polar surface area (TPSA) is 71.1 Å². The second kappa shape index (κ2) is 4.76. The summed E-state index contributed by atoms with van der Waals surface area (Å²) in [6.45, 7) is 8.17. The molecule has 0 aromatic rings. The van der Waals surface area contributed by atoms with E-state index < -0.39 is 36.0 Å². The minimum Gasteiger partial charge on any atom is -0.458 e. The largest absolute Gasteiger partial charge is 0.458 e. The molecule has 2 rings (SSSR count). The summed E-state index contributed by atoms with van der Waals surface area (Å²) < 4.78 is 22.1. The first-order valence-electron chi connectivity index (χ1n) is 6.41. The molecule has 1 saturated carbocycles. The van der Waals surface area contributed by atoms with Crippen molar-refractivity contribution < 1.29 is 28.5 Å². The van der Waals surface area contributed by atoms with Crippen molar-refractivity contribution in [1.82, 2.24) is 0 Å². The molecule has 6 nitrogen and oxygen atoms in total. The number of fused-ring (bicyclic) bond motifs is 1. The van der Waals surface area contributed by atoms with E-state index in [-0.39, 0.29) is 12.0 Å². The molecule has 0 aromatic heterocycles. The van der Waals surface area contributed by atoms with E-state index in [2.05, 4.69) is 0 Å². The molecule has 108 valence electrons. The lowest BCUT2D eigenvalue weighted by molar-refractivity contribution is -0.198. The van der Waals surface area contributed by atoms with Gasteiger partial charge in [-0.3, -0.25) is 9.59 Å². The highest BCUT2D eigenvalue weighted by Crippen LogP contribution is 2.44. The lowest BCUT2D eigenvalue weighted by Gasteiger charge is -2.28. The highest BCUT2D eigenvalue weighted by atomic mass is 16.8. The van der Waals surface area contributed by atoms with Gasteiger partial charge in [-0.05, 0) is 13.8 Å². The van der Waals surface area contributed by atoms with Gasteiger partial charge in [0, 0.05) is 19.8 Å². The molecule has 1 heterocycles. The van der Waals surface area contributed by atoms with Crippen molar-refractivity contribution in [1.29, 1.82) is 0 Å². The number of ether oxygens (including phenoxy) is 4. The first kappa shape index (κ1) is 14.3. The maximum atomic E-state index is 11.2. The quantitative estimate of drug-likeness (QED) is 0.699. The Morgan fingerprint density at radius 3 is 1.95 bits per heavy atom. The van der Waals surface area contributed by atoms with E-state index in [0.717, 1.165) is 0 Å². The summed E-state index contributed by atoms with van der Waals surface area (Å²) in [6.07, 6.45) is -1.81. The molecule has 0 spiro atoms. The summed E-state index contributed by atoms with van der Waals surface area (Å²) in [7, 11) is 0. The van der Waals surface area contributed by atoms with Crippen LogP contribution in [-0.4, -0.2) is 42.1 Å². The Balaban J connectivity index is 2.22. The molecular formula is C13H20O6. The maximum Gasteiger partial charge on any atom is 0.303 e. The van der Waals surface area contributed by atoms with Gasteiger partial charge in [-0.2, -0.15) is 0 Å². The van der Waals surface area contributed by atoms with E-state index in [1.54, 1.807) is 0 Å². The van der Waals surface area contributed by atoms with Gasteiger partial charge < -0.3 is 18.9 Å². The van der Waals surface area contributed by atoms with Crippen molar-refractivity contribution in [2.24, 2.45) is 5.92 Å². The first-order valence-corrected chi connectivity index (χ1v) is 6.41. The van der Waals surface area contributed by atoms with Gasteiger partial charge in [0.05, 0.1) is 6.10 Å². The Morgan fingerprint density at radius 2 is 1.42 bits per heavy atom. The average molecular weight is 272 g/mol. The van der Waals surface area contributed by atoms with E-state index >= 15 is 0 Å². The fourth-order valence-electron chi connectivity index (χ4n) is 2.84.